The number of unbranched alkanes of at least 4 members (excludes halogenated alkanes) is 25. The first-order valence-electron chi connectivity index (χ1n) is 20.8. The number of aliphatic hydroxyl groups excluding tert-OH is 1. The number of aliphatic hydroxyl groups is 1. The summed E-state index contributed by atoms with van der Waals surface area (Å²) in [4.78, 5) is 22.7. The zero-order valence-corrected chi connectivity index (χ0v) is 33.1. The van der Waals surface area contributed by atoms with Gasteiger partial charge in [-0.15, -0.1) is 0 Å². The second-order valence-corrected chi connectivity index (χ2v) is 15.7. The molecule has 0 aliphatic rings. The molecule has 0 saturated heterocycles. The number of rotatable bonds is 39. The molecular formula is C40H81N2O6P. The van der Waals surface area contributed by atoms with Gasteiger partial charge in [0.25, 0.3) is 0 Å². The largest absolute Gasteiger partial charge is 0.472 e. The fourth-order valence-corrected chi connectivity index (χ4v) is 6.95. The molecule has 1 amide bonds. The number of nitrogens with one attached hydrogen (secondary N) is 1. The Kier molecular flexibility index (Phi) is 36.4. The number of hydrogen-bond donors (Lipinski definition) is 4. The van der Waals surface area contributed by atoms with Crippen molar-refractivity contribution in [1.82, 2.24) is 5.32 Å². The van der Waals surface area contributed by atoms with E-state index in [1.54, 1.807) is 0 Å². The number of carbonyl (C=O) groups is 1. The molecule has 0 bridgehead atoms. The molecule has 8 nitrogen and oxygen atoms in total. The lowest BCUT2D eigenvalue weighted by Gasteiger charge is -2.25. The van der Waals surface area contributed by atoms with Gasteiger partial charge in [-0.2, -0.15) is 0 Å². The molecule has 0 radical (unpaired) electrons. The first kappa shape index (κ1) is 48.2. The van der Waals surface area contributed by atoms with Crippen LogP contribution in [0.3, 0.4) is 0 Å². The summed E-state index contributed by atoms with van der Waals surface area (Å²) in [6.07, 6.45) is 39.2. The Morgan fingerprint density at radius 1 is 0.653 bits per heavy atom. The molecule has 9 heteroatoms. The van der Waals surface area contributed by atoms with Crippen LogP contribution in [0.4, 0.5) is 0 Å². The van der Waals surface area contributed by atoms with Gasteiger partial charge in [-0.1, -0.05) is 174 Å². The monoisotopic (exact) mass is 717 g/mol. The minimum absolute atomic E-state index is 0.0891. The molecule has 49 heavy (non-hydrogen) atoms. The van der Waals surface area contributed by atoms with Crippen molar-refractivity contribution in [3.63, 3.8) is 0 Å². The van der Waals surface area contributed by atoms with Crippen LogP contribution in [-0.2, 0) is 18.4 Å². The number of phosphoric acid groups is 1. The highest BCUT2D eigenvalue weighted by Gasteiger charge is 2.27. The number of carbonyl (C=O) groups excluding carboxylic acids is 1. The third-order valence-corrected chi connectivity index (χ3v) is 10.4. The quantitative estimate of drug-likeness (QED) is 0.0283. The van der Waals surface area contributed by atoms with Crippen LogP contribution in [0.25, 0.3) is 0 Å². The molecule has 0 aliphatic heterocycles. The molecule has 3 atom stereocenters. The van der Waals surface area contributed by atoms with Crippen molar-refractivity contribution in [3.05, 3.63) is 12.2 Å². The Morgan fingerprint density at radius 2 is 1.06 bits per heavy atom. The molecule has 0 rings (SSSR count). The van der Waals surface area contributed by atoms with Crippen molar-refractivity contribution in [2.75, 3.05) is 19.8 Å². The van der Waals surface area contributed by atoms with Gasteiger partial charge in [0.2, 0.25) is 5.91 Å². The van der Waals surface area contributed by atoms with Gasteiger partial charge in [0.1, 0.15) is 0 Å². The molecule has 5 N–H and O–H groups in total. The van der Waals surface area contributed by atoms with E-state index in [9.17, 15) is 19.4 Å². The molecule has 0 fully saturated rings. The maximum atomic E-state index is 12.7. The van der Waals surface area contributed by atoms with E-state index in [-0.39, 0.29) is 25.7 Å². The van der Waals surface area contributed by atoms with Crippen LogP contribution in [0.1, 0.15) is 206 Å². The second kappa shape index (κ2) is 37.0. The predicted octanol–water partition coefficient (Wildman–Crippen LogP) is 11.2. The summed E-state index contributed by atoms with van der Waals surface area (Å²) >= 11 is 0. The van der Waals surface area contributed by atoms with E-state index in [1.807, 2.05) is 0 Å². The fraction of sp³-hybridized carbons (Fsp3) is 0.925. The molecule has 0 aromatic heterocycles. The predicted molar refractivity (Wildman–Crippen MR) is 208 cm³/mol. The van der Waals surface area contributed by atoms with E-state index in [1.165, 1.54) is 128 Å². The first-order valence-corrected chi connectivity index (χ1v) is 22.3. The van der Waals surface area contributed by atoms with Crippen LogP contribution < -0.4 is 11.1 Å². The van der Waals surface area contributed by atoms with Crippen molar-refractivity contribution in [1.29, 1.82) is 0 Å². The maximum absolute atomic E-state index is 12.7. The Bertz CT molecular complexity index is 784. The first-order chi connectivity index (χ1) is 23.9. The van der Waals surface area contributed by atoms with Gasteiger partial charge >= 0.3 is 7.82 Å². The molecule has 0 saturated carbocycles. The topological polar surface area (TPSA) is 131 Å². The Labute approximate surface area is 303 Å². The lowest BCUT2D eigenvalue weighted by atomic mass is 10.0. The molecular weight excluding hydrogens is 635 g/mol. The van der Waals surface area contributed by atoms with Crippen molar-refractivity contribution in [2.45, 2.75) is 219 Å². The van der Waals surface area contributed by atoms with Crippen molar-refractivity contribution >= 4 is 13.7 Å². The van der Waals surface area contributed by atoms with E-state index in [0.29, 0.717) is 12.8 Å². The third kappa shape index (κ3) is 35.4. The van der Waals surface area contributed by atoms with E-state index in [0.717, 1.165) is 51.4 Å². The summed E-state index contributed by atoms with van der Waals surface area (Å²) in [7, 11) is -4.31. The number of amides is 1. The third-order valence-electron chi connectivity index (χ3n) is 9.37. The number of allylic oxidation sites excluding steroid dienone is 2. The molecule has 3 unspecified atom stereocenters. The average molecular weight is 717 g/mol. The van der Waals surface area contributed by atoms with Gasteiger partial charge in [0, 0.05) is 13.0 Å². The normalized spacial score (nSPS) is 14.3. The van der Waals surface area contributed by atoms with Gasteiger partial charge in [-0.3, -0.25) is 13.8 Å². The number of hydrogen-bond acceptors (Lipinski definition) is 6. The molecule has 0 heterocycles. The minimum atomic E-state index is -4.31. The Hall–Kier alpha value is -0.760. The van der Waals surface area contributed by atoms with Gasteiger partial charge in [0.15, 0.2) is 0 Å². The van der Waals surface area contributed by atoms with Crippen LogP contribution in [0, 0.1) is 0 Å². The summed E-state index contributed by atoms with van der Waals surface area (Å²) in [5.41, 5.74) is 5.37. The summed E-state index contributed by atoms with van der Waals surface area (Å²) in [5.74, 6) is -0.169. The fourth-order valence-electron chi connectivity index (χ4n) is 6.19. The molecule has 0 aromatic carbocycles. The van der Waals surface area contributed by atoms with E-state index in [2.05, 4.69) is 31.3 Å². The van der Waals surface area contributed by atoms with Crippen LogP contribution in [-0.4, -0.2) is 47.8 Å². The highest BCUT2D eigenvalue weighted by Crippen LogP contribution is 2.43. The van der Waals surface area contributed by atoms with Crippen molar-refractivity contribution in [2.24, 2.45) is 5.73 Å². The summed E-state index contributed by atoms with van der Waals surface area (Å²) in [6.45, 7) is 4.20. The van der Waals surface area contributed by atoms with E-state index < -0.39 is 20.0 Å². The second-order valence-electron chi connectivity index (χ2n) is 14.2. The molecule has 0 aromatic rings. The summed E-state index contributed by atoms with van der Waals surface area (Å²) in [5, 5.41) is 13.8. The minimum Gasteiger partial charge on any atom is -0.391 e. The van der Waals surface area contributed by atoms with Crippen molar-refractivity contribution in [3.8, 4) is 0 Å². The maximum Gasteiger partial charge on any atom is 0.472 e. The zero-order chi connectivity index (χ0) is 36.1. The van der Waals surface area contributed by atoms with Crippen molar-refractivity contribution < 1.29 is 28.4 Å². The van der Waals surface area contributed by atoms with Gasteiger partial charge in [0.05, 0.1) is 25.4 Å². The average Bonchev–Trinajstić information content (AvgIpc) is 3.09. The Morgan fingerprint density at radius 3 is 1.51 bits per heavy atom. The van der Waals surface area contributed by atoms with E-state index >= 15 is 0 Å². The highest BCUT2D eigenvalue weighted by molar-refractivity contribution is 7.47. The highest BCUT2D eigenvalue weighted by atomic mass is 31.2. The lowest BCUT2D eigenvalue weighted by molar-refractivity contribution is -0.123. The standard InChI is InChI=1S/C40H81N2O6P/c1-3-5-7-9-11-13-15-17-19-20-21-23-25-27-29-31-33-39(43)38(37-48-49(45,46)47-36-35-41)42-40(44)34-32-30-28-26-24-22-18-16-14-12-10-8-6-4-2/h16,18,38-39,43H,3-15,17,19-37,41H2,1-2H3,(H,42,44)(H,45,46)/b18-16-. The van der Waals surface area contributed by atoms with Crippen LogP contribution in [0.5, 0.6) is 0 Å². The summed E-state index contributed by atoms with van der Waals surface area (Å²) < 4.78 is 22.1. The molecule has 0 aliphatic carbocycles. The number of phosphoric ester groups is 1. The molecule has 0 spiro atoms. The SMILES string of the molecule is CCCCCCC/C=C\CCCCCCCC(=O)NC(COP(=O)(O)OCCN)C(O)CCCCCCCCCCCCCCCCCC. The zero-order valence-electron chi connectivity index (χ0n) is 32.2. The Balaban J connectivity index is 4.19. The van der Waals surface area contributed by atoms with Gasteiger partial charge < -0.3 is 21.1 Å². The van der Waals surface area contributed by atoms with Gasteiger partial charge in [-0.25, -0.2) is 4.57 Å². The van der Waals surface area contributed by atoms with E-state index in [4.69, 9.17) is 14.8 Å². The number of nitrogens with two attached hydrogens (primary N) is 1. The van der Waals surface area contributed by atoms with Gasteiger partial charge in [-0.05, 0) is 38.5 Å². The molecule has 292 valence electrons. The van der Waals surface area contributed by atoms with Crippen LogP contribution >= 0.6 is 7.82 Å². The van der Waals surface area contributed by atoms with Crippen LogP contribution in [0.2, 0.25) is 0 Å². The summed E-state index contributed by atoms with van der Waals surface area (Å²) in [6, 6.07) is -0.774. The van der Waals surface area contributed by atoms with Crippen LogP contribution in [0.15, 0.2) is 12.2 Å². The lowest BCUT2D eigenvalue weighted by Crippen LogP contribution is -2.46. The smallest absolute Gasteiger partial charge is 0.391 e.